The number of aromatic amines is 1. The second-order valence-corrected chi connectivity index (χ2v) is 6.40. The van der Waals surface area contributed by atoms with Crippen LogP contribution in [0.3, 0.4) is 0 Å². The molecular formula is C16H14ClNOS. The van der Waals surface area contributed by atoms with E-state index in [1.807, 2.05) is 19.1 Å². The lowest BCUT2D eigenvalue weighted by Gasteiger charge is -1.97. The Labute approximate surface area is 126 Å². The van der Waals surface area contributed by atoms with Crippen molar-refractivity contribution >= 4 is 40.1 Å². The predicted octanol–water partition coefficient (Wildman–Crippen LogP) is 5.23. The van der Waals surface area contributed by atoms with Crippen molar-refractivity contribution in [1.29, 1.82) is 0 Å². The summed E-state index contributed by atoms with van der Waals surface area (Å²) < 4.78 is 0. The molecule has 0 unspecified atom stereocenters. The number of hydrogen-bond donors (Lipinski definition) is 1. The quantitative estimate of drug-likeness (QED) is 0.660. The van der Waals surface area contributed by atoms with Crippen molar-refractivity contribution in [2.24, 2.45) is 0 Å². The van der Waals surface area contributed by atoms with Crippen molar-refractivity contribution in [3.8, 4) is 10.6 Å². The summed E-state index contributed by atoms with van der Waals surface area (Å²) in [4.78, 5) is 17.3. The highest BCUT2D eigenvalue weighted by Gasteiger charge is 2.16. The van der Waals surface area contributed by atoms with Gasteiger partial charge >= 0.3 is 0 Å². The number of thiophene rings is 1. The van der Waals surface area contributed by atoms with Gasteiger partial charge in [-0.2, -0.15) is 0 Å². The molecule has 0 saturated heterocycles. The molecule has 3 rings (SSSR count). The van der Waals surface area contributed by atoms with E-state index in [-0.39, 0.29) is 0 Å². The Morgan fingerprint density at radius 3 is 2.80 bits per heavy atom. The van der Waals surface area contributed by atoms with Crippen molar-refractivity contribution in [3.05, 3.63) is 45.3 Å². The lowest BCUT2D eigenvalue weighted by Crippen LogP contribution is -1.81. The fourth-order valence-electron chi connectivity index (χ4n) is 2.47. The number of hydrogen-bond acceptors (Lipinski definition) is 2. The van der Waals surface area contributed by atoms with Crippen molar-refractivity contribution in [1.82, 2.24) is 4.98 Å². The van der Waals surface area contributed by atoms with Gasteiger partial charge in [0, 0.05) is 26.4 Å². The molecule has 2 aromatic heterocycles. The fourth-order valence-corrected chi connectivity index (χ4v) is 3.70. The number of carbonyl (C=O) groups is 1. The molecule has 0 atom stereocenters. The van der Waals surface area contributed by atoms with Crippen molar-refractivity contribution in [2.45, 2.75) is 20.3 Å². The van der Waals surface area contributed by atoms with Gasteiger partial charge in [0.15, 0.2) is 6.29 Å². The van der Waals surface area contributed by atoms with Gasteiger partial charge in [0.25, 0.3) is 0 Å². The number of carbonyl (C=O) groups excluding carboxylic acids is 1. The Morgan fingerprint density at radius 2 is 2.15 bits per heavy atom. The van der Waals surface area contributed by atoms with Crippen LogP contribution in [0, 0.1) is 6.92 Å². The molecule has 1 N–H and O–H groups in total. The first-order chi connectivity index (χ1) is 9.63. The molecule has 1 aromatic carbocycles. The number of nitrogens with one attached hydrogen (secondary N) is 1. The Kier molecular flexibility index (Phi) is 3.40. The molecule has 0 amide bonds. The molecule has 102 valence electrons. The third kappa shape index (κ3) is 2.07. The minimum atomic E-state index is 0.657. The van der Waals surface area contributed by atoms with E-state index in [4.69, 9.17) is 11.6 Å². The summed E-state index contributed by atoms with van der Waals surface area (Å²) in [6.45, 7) is 4.13. The highest BCUT2D eigenvalue weighted by molar-refractivity contribution is 7.15. The van der Waals surface area contributed by atoms with Crippen LogP contribution in [-0.2, 0) is 6.42 Å². The number of rotatable bonds is 3. The summed E-state index contributed by atoms with van der Waals surface area (Å²) in [5, 5.41) is 1.55. The standard InChI is InChI=1S/C16H14ClNOS/c1-3-11-4-5-14(20-11)16-13(8-19)12-7-10(17)6-9(2)15(12)18-16/h4-8,18H,3H2,1-2H3. The molecule has 0 spiro atoms. The minimum absolute atomic E-state index is 0.657. The van der Waals surface area contributed by atoms with Crippen LogP contribution in [0.4, 0.5) is 0 Å². The van der Waals surface area contributed by atoms with Crippen LogP contribution < -0.4 is 0 Å². The summed E-state index contributed by atoms with van der Waals surface area (Å²) in [6.07, 6.45) is 1.92. The van der Waals surface area contributed by atoms with Gasteiger partial charge in [0.05, 0.1) is 10.6 Å². The molecule has 4 heteroatoms. The Balaban J connectivity index is 2.30. The van der Waals surface area contributed by atoms with Gasteiger partial charge in [0.2, 0.25) is 0 Å². The van der Waals surface area contributed by atoms with Crippen molar-refractivity contribution < 1.29 is 4.79 Å². The van der Waals surface area contributed by atoms with Gasteiger partial charge in [-0.3, -0.25) is 4.79 Å². The molecular weight excluding hydrogens is 290 g/mol. The molecule has 0 bridgehead atoms. The third-order valence-electron chi connectivity index (χ3n) is 3.48. The molecule has 2 nitrogen and oxygen atoms in total. The molecule has 2 heterocycles. The van der Waals surface area contributed by atoms with E-state index in [1.54, 1.807) is 11.3 Å². The van der Waals surface area contributed by atoms with Gasteiger partial charge < -0.3 is 4.98 Å². The number of fused-ring (bicyclic) bond motifs is 1. The Bertz CT molecular complexity index is 800. The zero-order valence-corrected chi connectivity index (χ0v) is 12.9. The fraction of sp³-hybridized carbons (Fsp3) is 0.188. The topological polar surface area (TPSA) is 32.9 Å². The first-order valence-corrected chi connectivity index (χ1v) is 7.69. The van der Waals surface area contributed by atoms with Crippen molar-refractivity contribution in [3.63, 3.8) is 0 Å². The highest BCUT2D eigenvalue weighted by atomic mass is 35.5. The molecule has 0 saturated carbocycles. The van der Waals surface area contributed by atoms with E-state index in [0.717, 1.165) is 39.7 Å². The van der Waals surface area contributed by atoms with E-state index >= 15 is 0 Å². The molecule has 0 radical (unpaired) electrons. The van der Waals surface area contributed by atoms with Crippen LogP contribution in [0.5, 0.6) is 0 Å². The number of aldehydes is 1. The van der Waals surface area contributed by atoms with E-state index in [1.165, 1.54) is 4.88 Å². The Hall–Kier alpha value is -1.58. The van der Waals surface area contributed by atoms with Gasteiger partial charge in [-0.15, -0.1) is 11.3 Å². The summed E-state index contributed by atoms with van der Waals surface area (Å²) in [5.74, 6) is 0. The van der Waals surface area contributed by atoms with Gasteiger partial charge in [-0.05, 0) is 43.2 Å². The maximum Gasteiger partial charge on any atom is 0.152 e. The highest BCUT2D eigenvalue weighted by Crippen LogP contribution is 2.36. The van der Waals surface area contributed by atoms with Crippen LogP contribution in [0.1, 0.15) is 27.7 Å². The zero-order valence-electron chi connectivity index (χ0n) is 11.3. The van der Waals surface area contributed by atoms with Crippen LogP contribution in [0.2, 0.25) is 5.02 Å². The van der Waals surface area contributed by atoms with Crippen LogP contribution in [0.25, 0.3) is 21.5 Å². The monoisotopic (exact) mass is 303 g/mol. The summed E-state index contributed by atoms with van der Waals surface area (Å²) >= 11 is 7.83. The summed E-state index contributed by atoms with van der Waals surface area (Å²) in [6, 6.07) is 7.94. The number of halogens is 1. The van der Waals surface area contributed by atoms with E-state index in [9.17, 15) is 4.79 Å². The maximum atomic E-state index is 11.5. The normalized spacial score (nSPS) is 11.2. The van der Waals surface area contributed by atoms with E-state index < -0.39 is 0 Å². The average Bonchev–Trinajstić information content (AvgIpc) is 3.01. The van der Waals surface area contributed by atoms with Crippen LogP contribution >= 0.6 is 22.9 Å². The first-order valence-electron chi connectivity index (χ1n) is 6.50. The SMILES string of the molecule is CCc1ccc(-c2[nH]c3c(C)cc(Cl)cc3c2C=O)s1. The van der Waals surface area contributed by atoms with E-state index in [0.29, 0.717) is 10.6 Å². The van der Waals surface area contributed by atoms with Gasteiger partial charge in [-0.1, -0.05) is 18.5 Å². The summed E-state index contributed by atoms with van der Waals surface area (Å²) in [7, 11) is 0. The average molecular weight is 304 g/mol. The van der Waals surface area contributed by atoms with Crippen LogP contribution in [0.15, 0.2) is 24.3 Å². The Morgan fingerprint density at radius 1 is 1.35 bits per heavy atom. The first kappa shape index (κ1) is 13.4. The smallest absolute Gasteiger partial charge is 0.152 e. The van der Waals surface area contributed by atoms with Gasteiger partial charge in [-0.25, -0.2) is 0 Å². The molecule has 0 aliphatic heterocycles. The van der Waals surface area contributed by atoms with Crippen LogP contribution in [-0.4, -0.2) is 11.3 Å². The molecule has 0 aliphatic rings. The lowest BCUT2D eigenvalue weighted by atomic mass is 10.1. The predicted molar refractivity (Wildman–Crippen MR) is 86.1 cm³/mol. The number of aryl methyl sites for hydroxylation is 2. The molecule has 0 fully saturated rings. The lowest BCUT2D eigenvalue weighted by molar-refractivity contribution is 0.112. The largest absolute Gasteiger partial charge is 0.353 e. The molecule has 0 aliphatic carbocycles. The second-order valence-electron chi connectivity index (χ2n) is 4.80. The third-order valence-corrected chi connectivity index (χ3v) is 4.95. The summed E-state index contributed by atoms with van der Waals surface area (Å²) in [5.41, 5.74) is 3.62. The molecule has 3 aromatic rings. The zero-order chi connectivity index (χ0) is 14.3. The van der Waals surface area contributed by atoms with Crippen molar-refractivity contribution in [2.75, 3.05) is 0 Å². The maximum absolute atomic E-state index is 11.5. The second kappa shape index (κ2) is 5.08. The number of benzene rings is 1. The minimum Gasteiger partial charge on any atom is -0.353 e. The van der Waals surface area contributed by atoms with E-state index in [2.05, 4.69) is 24.0 Å². The van der Waals surface area contributed by atoms with Gasteiger partial charge in [0.1, 0.15) is 0 Å². The molecule has 20 heavy (non-hydrogen) atoms. The number of aromatic nitrogens is 1. The number of H-pyrrole nitrogens is 1.